The highest BCUT2D eigenvalue weighted by Gasteiger charge is 2.27. The number of aliphatic carboxylic acids is 1. The van der Waals surface area contributed by atoms with Gasteiger partial charge in [-0.1, -0.05) is 11.6 Å². The second-order valence-electron chi connectivity index (χ2n) is 7.11. The van der Waals surface area contributed by atoms with Gasteiger partial charge in [0.25, 0.3) is 0 Å². The molecule has 1 aromatic heterocycles. The van der Waals surface area contributed by atoms with Gasteiger partial charge in [0.15, 0.2) is 0 Å². The first kappa shape index (κ1) is 19.3. The van der Waals surface area contributed by atoms with Crippen molar-refractivity contribution in [1.82, 2.24) is 10.3 Å². The number of pyridine rings is 1. The van der Waals surface area contributed by atoms with Crippen LogP contribution in [0.15, 0.2) is 12.3 Å². The Kier molecular flexibility index (Phi) is 6.11. The van der Waals surface area contributed by atoms with E-state index in [1.165, 1.54) is 6.20 Å². The summed E-state index contributed by atoms with van der Waals surface area (Å²) in [6.07, 6.45) is 2.89. The molecule has 138 valence electrons. The summed E-state index contributed by atoms with van der Waals surface area (Å²) >= 11 is 5.97. The molecule has 1 fully saturated rings. The van der Waals surface area contributed by atoms with Gasteiger partial charge in [-0.05, 0) is 45.6 Å². The Hall–Kier alpha value is -2.02. The van der Waals surface area contributed by atoms with Crippen molar-refractivity contribution in [3.63, 3.8) is 0 Å². The Morgan fingerprint density at radius 3 is 2.68 bits per heavy atom. The maximum absolute atomic E-state index is 11.9. The predicted molar refractivity (Wildman–Crippen MR) is 92.0 cm³/mol. The van der Waals surface area contributed by atoms with Crippen LogP contribution < -0.4 is 10.1 Å². The third kappa shape index (κ3) is 6.78. The highest BCUT2D eigenvalue weighted by Crippen LogP contribution is 2.30. The average Bonchev–Trinajstić information content (AvgIpc) is 3.27. The molecule has 1 atom stereocenters. The van der Waals surface area contributed by atoms with Crippen molar-refractivity contribution in [1.29, 1.82) is 0 Å². The molecule has 1 aliphatic rings. The van der Waals surface area contributed by atoms with E-state index >= 15 is 0 Å². The summed E-state index contributed by atoms with van der Waals surface area (Å²) in [4.78, 5) is 27.5. The summed E-state index contributed by atoms with van der Waals surface area (Å²) < 4.78 is 10.8. The van der Waals surface area contributed by atoms with Crippen LogP contribution in [0.5, 0.6) is 5.88 Å². The summed E-state index contributed by atoms with van der Waals surface area (Å²) in [6.45, 7) is 5.64. The molecule has 0 aliphatic heterocycles. The molecule has 0 spiro atoms. The lowest BCUT2D eigenvalue weighted by Crippen LogP contribution is -2.44. The van der Waals surface area contributed by atoms with Gasteiger partial charge in [0, 0.05) is 18.2 Å². The molecule has 0 aromatic carbocycles. The fourth-order valence-electron chi connectivity index (χ4n) is 2.10. The zero-order chi connectivity index (χ0) is 18.6. The average molecular weight is 371 g/mol. The van der Waals surface area contributed by atoms with Gasteiger partial charge in [0.05, 0.1) is 11.6 Å². The highest BCUT2D eigenvalue weighted by molar-refractivity contribution is 6.30. The lowest BCUT2D eigenvalue weighted by atomic mass is 10.1. The normalized spacial score (nSPS) is 15.4. The van der Waals surface area contributed by atoms with E-state index in [4.69, 9.17) is 21.1 Å². The number of halogens is 1. The monoisotopic (exact) mass is 370 g/mol. The summed E-state index contributed by atoms with van der Waals surface area (Å²) in [6, 6.07) is 0.419. The van der Waals surface area contributed by atoms with Crippen molar-refractivity contribution in [2.45, 2.75) is 51.7 Å². The largest absolute Gasteiger partial charge is 0.480 e. The molecule has 2 N–H and O–H groups in total. The van der Waals surface area contributed by atoms with Crippen LogP contribution in [0.4, 0.5) is 4.79 Å². The van der Waals surface area contributed by atoms with Crippen LogP contribution in [0.2, 0.25) is 5.02 Å². The second-order valence-corrected chi connectivity index (χ2v) is 7.55. The van der Waals surface area contributed by atoms with E-state index in [2.05, 4.69) is 10.3 Å². The molecule has 2 rings (SSSR count). The number of carbonyl (C=O) groups is 2. The molecule has 1 aromatic rings. The Bertz CT molecular complexity index is 640. The van der Waals surface area contributed by atoms with Crippen LogP contribution in [0, 0.1) is 5.92 Å². The van der Waals surface area contributed by atoms with Gasteiger partial charge in [-0.3, -0.25) is 0 Å². The van der Waals surface area contributed by atoms with Crippen molar-refractivity contribution in [3.8, 4) is 5.88 Å². The van der Waals surface area contributed by atoms with Gasteiger partial charge < -0.3 is 19.9 Å². The maximum Gasteiger partial charge on any atom is 0.408 e. The summed E-state index contributed by atoms with van der Waals surface area (Å²) in [5, 5.41) is 12.1. The Balaban J connectivity index is 2.08. The first-order valence-electron chi connectivity index (χ1n) is 8.13. The molecule has 1 saturated carbocycles. The fraction of sp³-hybridized carbons (Fsp3) is 0.588. The SMILES string of the molecule is CC(C)(C)OC(=O)N[C@@H](Cc1cc(Cl)cnc1OCC1CC1)C(=O)O. The number of ether oxygens (including phenoxy) is 2. The number of carboxylic acid groups (broad SMARTS) is 1. The summed E-state index contributed by atoms with van der Waals surface area (Å²) in [5.41, 5.74) is -0.194. The van der Waals surface area contributed by atoms with Gasteiger partial charge in [-0.25, -0.2) is 14.6 Å². The van der Waals surface area contributed by atoms with Crippen LogP contribution in [0.25, 0.3) is 0 Å². The van der Waals surface area contributed by atoms with Crippen LogP contribution >= 0.6 is 11.6 Å². The predicted octanol–water partition coefficient (Wildman–Crippen LogP) is 3.04. The molecule has 25 heavy (non-hydrogen) atoms. The molecule has 1 aliphatic carbocycles. The van der Waals surface area contributed by atoms with Crippen molar-refractivity contribution in [2.75, 3.05) is 6.61 Å². The topological polar surface area (TPSA) is 97.8 Å². The minimum Gasteiger partial charge on any atom is -0.480 e. The minimum absolute atomic E-state index is 0.0118. The standard InChI is InChI=1S/C17H23ClN2O5/c1-17(2,3)25-16(23)20-13(15(21)22)7-11-6-12(18)8-19-14(11)24-9-10-4-5-10/h6,8,10,13H,4-5,7,9H2,1-3H3,(H,20,23)(H,21,22)/t13-/m0/s1. The smallest absolute Gasteiger partial charge is 0.408 e. The Morgan fingerprint density at radius 1 is 1.44 bits per heavy atom. The third-order valence-corrected chi connectivity index (χ3v) is 3.66. The molecule has 0 unspecified atom stereocenters. The van der Waals surface area contributed by atoms with Gasteiger partial charge in [-0.2, -0.15) is 0 Å². The van der Waals surface area contributed by atoms with Crippen molar-refractivity contribution in [3.05, 3.63) is 22.8 Å². The van der Waals surface area contributed by atoms with Gasteiger partial charge in [0.2, 0.25) is 5.88 Å². The molecule has 7 nitrogen and oxygen atoms in total. The van der Waals surface area contributed by atoms with E-state index in [9.17, 15) is 14.7 Å². The molecule has 0 saturated heterocycles. The number of rotatable bonds is 7. The quantitative estimate of drug-likeness (QED) is 0.765. The van der Waals surface area contributed by atoms with E-state index < -0.39 is 23.7 Å². The van der Waals surface area contributed by atoms with Gasteiger partial charge in [-0.15, -0.1) is 0 Å². The van der Waals surface area contributed by atoms with E-state index in [1.807, 2.05) is 0 Å². The van der Waals surface area contributed by atoms with E-state index in [-0.39, 0.29) is 6.42 Å². The number of carboxylic acids is 1. The number of amides is 1. The minimum atomic E-state index is -1.18. The first-order valence-corrected chi connectivity index (χ1v) is 8.51. The molecular formula is C17H23ClN2O5. The lowest BCUT2D eigenvalue weighted by molar-refractivity contribution is -0.139. The van der Waals surface area contributed by atoms with Crippen molar-refractivity contribution in [2.24, 2.45) is 5.92 Å². The summed E-state index contributed by atoms with van der Waals surface area (Å²) in [7, 11) is 0. The van der Waals surface area contributed by atoms with E-state index in [0.717, 1.165) is 12.8 Å². The molecule has 8 heteroatoms. The number of hydrogen-bond donors (Lipinski definition) is 2. The number of nitrogens with one attached hydrogen (secondary N) is 1. The lowest BCUT2D eigenvalue weighted by Gasteiger charge is -2.22. The molecular weight excluding hydrogens is 348 g/mol. The zero-order valence-corrected chi connectivity index (χ0v) is 15.3. The molecule has 1 amide bonds. The zero-order valence-electron chi connectivity index (χ0n) is 14.5. The van der Waals surface area contributed by atoms with Crippen LogP contribution in [0.3, 0.4) is 0 Å². The molecule has 0 radical (unpaired) electrons. The van der Waals surface area contributed by atoms with Gasteiger partial charge >= 0.3 is 12.1 Å². The molecule has 0 bridgehead atoms. The Morgan fingerprint density at radius 2 is 2.12 bits per heavy atom. The van der Waals surface area contributed by atoms with Crippen LogP contribution in [0.1, 0.15) is 39.2 Å². The fourth-order valence-corrected chi connectivity index (χ4v) is 2.28. The number of nitrogens with zero attached hydrogens (tertiary/aromatic N) is 1. The van der Waals surface area contributed by atoms with Crippen molar-refractivity contribution >= 4 is 23.7 Å². The van der Waals surface area contributed by atoms with Gasteiger partial charge in [0.1, 0.15) is 11.6 Å². The number of alkyl carbamates (subject to hydrolysis) is 1. The number of aromatic nitrogens is 1. The molecule has 1 heterocycles. The van der Waals surface area contributed by atoms with Crippen LogP contribution in [-0.2, 0) is 16.0 Å². The maximum atomic E-state index is 11.9. The Labute approximate surface area is 151 Å². The third-order valence-electron chi connectivity index (χ3n) is 3.46. The highest BCUT2D eigenvalue weighted by atomic mass is 35.5. The summed E-state index contributed by atoms with van der Waals surface area (Å²) in [5.74, 6) is -0.312. The van der Waals surface area contributed by atoms with E-state index in [1.54, 1.807) is 26.8 Å². The van der Waals surface area contributed by atoms with Crippen molar-refractivity contribution < 1.29 is 24.2 Å². The van der Waals surface area contributed by atoms with E-state index in [0.29, 0.717) is 29.0 Å². The second kappa shape index (κ2) is 7.91. The number of carbonyl (C=O) groups excluding carboxylic acids is 1. The first-order chi connectivity index (χ1) is 11.6. The van der Waals surface area contributed by atoms with Crippen LogP contribution in [-0.4, -0.2) is 40.4 Å². The number of hydrogen-bond acceptors (Lipinski definition) is 5.